The summed E-state index contributed by atoms with van der Waals surface area (Å²) >= 11 is 0. The number of ether oxygens (including phenoxy) is 1. The third-order valence-corrected chi connectivity index (χ3v) is 4.58. The van der Waals surface area contributed by atoms with Gasteiger partial charge in [0.15, 0.2) is 0 Å². The molecule has 3 unspecified atom stereocenters. The standard InChI is InChI=1S/C17H28N2O/c1-5-13(2)17-12-19(14(3)10-18-17)11-15-7-6-8-16(9-15)20-4/h6-9,13-14,17-18H,5,10-12H2,1-4H3. The zero-order valence-electron chi connectivity index (χ0n) is 13.2. The average molecular weight is 276 g/mol. The second-order valence-electron chi connectivity index (χ2n) is 6.03. The highest BCUT2D eigenvalue weighted by Crippen LogP contribution is 2.20. The normalized spacial score (nSPS) is 25.4. The Morgan fingerprint density at radius 2 is 2.25 bits per heavy atom. The van der Waals surface area contributed by atoms with Gasteiger partial charge < -0.3 is 10.1 Å². The first-order chi connectivity index (χ1) is 9.63. The minimum atomic E-state index is 0.585. The summed E-state index contributed by atoms with van der Waals surface area (Å²) in [6.45, 7) is 10.1. The molecule has 3 atom stereocenters. The molecule has 1 heterocycles. The molecule has 3 nitrogen and oxygen atoms in total. The van der Waals surface area contributed by atoms with Crippen molar-refractivity contribution in [3.8, 4) is 5.75 Å². The van der Waals surface area contributed by atoms with Crippen molar-refractivity contribution in [1.29, 1.82) is 0 Å². The number of nitrogens with zero attached hydrogens (tertiary/aromatic N) is 1. The van der Waals surface area contributed by atoms with Gasteiger partial charge in [-0.15, -0.1) is 0 Å². The third-order valence-electron chi connectivity index (χ3n) is 4.58. The van der Waals surface area contributed by atoms with Crippen LogP contribution in [0.25, 0.3) is 0 Å². The first-order valence-corrected chi connectivity index (χ1v) is 7.74. The fraction of sp³-hybridized carbons (Fsp3) is 0.647. The minimum absolute atomic E-state index is 0.585. The van der Waals surface area contributed by atoms with Crippen molar-refractivity contribution in [2.24, 2.45) is 5.92 Å². The van der Waals surface area contributed by atoms with Gasteiger partial charge in [-0.1, -0.05) is 32.4 Å². The van der Waals surface area contributed by atoms with Crippen molar-refractivity contribution in [1.82, 2.24) is 10.2 Å². The fourth-order valence-electron chi connectivity index (χ4n) is 2.84. The molecule has 0 bridgehead atoms. The van der Waals surface area contributed by atoms with Crippen LogP contribution in [0.2, 0.25) is 0 Å². The molecule has 2 rings (SSSR count). The number of hydrogen-bond donors (Lipinski definition) is 1. The van der Waals surface area contributed by atoms with Gasteiger partial charge in [-0.3, -0.25) is 4.90 Å². The van der Waals surface area contributed by atoms with Crippen LogP contribution in [-0.2, 0) is 6.54 Å². The van der Waals surface area contributed by atoms with E-state index < -0.39 is 0 Å². The number of piperazine rings is 1. The van der Waals surface area contributed by atoms with E-state index in [1.165, 1.54) is 12.0 Å². The van der Waals surface area contributed by atoms with Crippen molar-refractivity contribution in [2.75, 3.05) is 20.2 Å². The summed E-state index contributed by atoms with van der Waals surface area (Å²) in [4.78, 5) is 2.59. The Labute approximate surface area is 123 Å². The predicted octanol–water partition coefficient (Wildman–Crippen LogP) is 2.90. The number of hydrogen-bond acceptors (Lipinski definition) is 3. The maximum Gasteiger partial charge on any atom is 0.119 e. The average Bonchev–Trinajstić information content (AvgIpc) is 2.49. The van der Waals surface area contributed by atoms with Crippen LogP contribution in [0.4, 0.5) is 0 Å². The highest BCUT2D eigenvalue weighted by atomic mass is 16.5. The van der Waals surface area contributed by atoms with Crippen molar-refractivity contribution in [3.05, 3.63) is 29.8 Å². The van der Waals surface area contributed by atoms with Crippen molar-refractivity contribution in [3.63, 3.8) is 0 Å². The van der Waals surface area contributed by atoms with Gasteiger partial charge in [0.2, 0.25) is 0 Å². The van der Waals surface area contributed by atoms with Gasteiger partial charge in [-0.25, -0.2) is 0 Å². The number of nitrogens with one attached hydrogen (secondary N) is 1. The highest BCUT2D eigenvalue weighted by Gasteiger charge is 2.27. The molecule has 1 aromatic rings. The highest BCUT2D eigenvalue weighted by molar-refractivity contribution is 5.28. The molecule has 0 amide bonds. The lowest BCUT2D eigenvalue weighted by Crippen LogP contribution is -2.56. The number of benzene rings is 1. The molecule has 112 valence electrons. The molecule has 0 aliphatic carbocycles. The van der Waals surface area contributed by atoms with Crippen LogP contribution < -0.4 is 10.1 Å². The van der Waals surface area contributed by atoms with Crippen LogP contribution in [0.15, 0.2) is 24.3 Å². The van der Waals surface area contributed by atoms with Crippen LogP contribution in [0.3, 0.4) is 0 Å². The fourth-order valence-corrected chi connectivity index (χ4v) is 2.84. The van der Waals surface area contributed by atoms with Gasteiger partial charge in [0, 0.05) is 31.7 Å². The molecule has 3 heteroatoms. The lowest BCUT2D eigenvalue weighted by molar-refractivity contribution is 0.112. The molecule has 0 saturated carbocycles. The Kier molecular flexibility index (Phi) is 5.44. The molecule has 1 N–H and O–H groups in total. The quantitative estimate of drug-likeness (QED) is 0.895. The zero-order chi connectivity index (χ0) is 14.5. The van der Waals surface area contributed by atoms with E-state index in [-0.39, 0.29) is 0 Å². The molecule has 0 spiro atoms. The first kappa shape index (κ1) is 15.3. The molecule has 0 radical (unpaired) electrons. The summed E-state index contributed by atoms with van der Waals surface area (Å²) in [5.41, 5.74) is 1.33. The van der Waals surface area contributed by atoms with E-state index in [2.05, 4.69) is 49.2 Å². The maximum absolute atomic E-state index is 5.32. The first-order valence-electron chi connectivity index (χ1n) is 7.74. The molecule has 1 aliphatic heterocycles. The number of methoxy groups -OCH3 is 1. The maximum atomic E-state index is 5.32. The summed E-state index contributed by atoms with van der Waals surface area (Å²) in [6.07, 6.45) is 1.24. The summed E-state index contributed by atoms with van der Waals surface area (Å²) in [7, 11) is 1.73. The van der Waals surface area contributed by atoms with Gasteiger partial charge in [0.1, 0.15) is 5.75 Å². The topological polar surface area (TPSA) is 24.5 Å². The van der Waals surface area contributed by atoms with Crippen molar-refractivity contribution >= 4 is 0 Å². The Hall–Kier alpha value is -1.06. The van der Waals surface area contributed by atoms with Gasteiger partial charge in [0.05, 0.1) is 7.11 Å². The second-order valence-corrected chi connectivity index (χ2v) is 6.03. The molecule has 0 aromatic heterocycles. The summed E-state index contributed by atoms with van der Waals surface area (Å²) in [5, 5.41) is 3.69. The van der Waals surface area contributed by atoms with Gasteiger partial charge in [0.25, 0.3) is 0 Å². The summed E-state index contributed by atoms with van der Waals surface area (Å²) < 4.78 is 5.32. The Bertz CT molecular complexity index is 421. The third kappa shape index (κ3) is 3.74. The molecule has 20 heavy (non-hydrogen) atoms. The zero-order valence-corrected chi connectivity index (χ0v) is 13.2. The van der Waals surface area contributed by atoms with Crippen LogP contribution in [0.5, 0.6) is 5.75 Å². The van der Waals surface area contributed by atoms with E-state index in [0.29, 0.717) is 12.1 Å². The molecule has 1 saturated heterocycles. The van der Waals surface area contributed by atoms with Crippen LogP contribution in [-0.4, -0.2) is 37.2 Å². The van der Waals surface area contributed by atoms with E-state index in [4.69, 9.17) is 4.74 Å². The SMILES string of the molecule is CCC(C)C1CN(Cc2cccc(OC)c2)C(C)CN1. The largest absolute Gasteiger partial charge is 0.497 e. The molecular weight excluding hydrogens is 248 g/mol. The van der Waals surface area contributed by atoms with E-state index in [0.717, 1.165) is 31.3 Å². The van der Waals surface area contributed by atoms with Gasteiger partial charge in [-0.2, -0.15) is 0 Å². The smallest absolute Gasteiger partial charge is 0.119 e. The minimum Gasteiger partial charge on any atom is -0.497 e. The van der Waals surface area contributed by atoms with Crippen LogP contribution in [0, 0.1) is 5.92 Å². The van der Waals surface area contributed by atoms with E-state index in [9.17, 15) is 0 Å². The van der Waals surface area contributed by atoms with E-state index >= 15 is 0 Å². The van der Waals surface area contributed by atoms with Gasteiger partial charge >= 0.3 is 0 Å². The predicted molar refractivity (Wildman–Crippen MR) is 84.1 cm³/mol. The van der Waals surface area contributed by atoms with E-state index in [1.54, 1.807) is 7.11 Å². The van der Waals surface area contributed by atoms with E-state index in [1.807, 2.05) is 6.07 Å². The lowest BCUT2D eigenvalue weighted by atomic mass is 9.95. The number of rotatable bonds is 5. The molecular formula is C17H28N2O. The molecule has 1 aliphatic rings. The van der Waals surface area contributed by atoms with Crippen molar-refractivity contribution in [2.45, 2.75) is 45.8 Å². The Balaban J connectivity index is 2.02. The Morgan fingerprint density at radius 1 is 1.45 bits per heavy atom. The van der Waals surface area contributed by atoms with Gasteiger partial charge in [-0.05, 0) is 30.5 Å². The molecule has 1 aromatic carbocycles. The molecule has 1 fully saturated rings. The van der Waals surface area contributed by atoms with Crippen LogP contribution in [0.1, 0.15) is 32.8 Å². The summed E-state index contributed by atoms with van der Waals surface area (Å²) in [6, 6.07) is 9.62. The Morgan fingerprint density at radius 3 is 2.95 bits per heavy atom. The lowest BCUT2D eigenvalue weighted by Gasteiger charge is -2.41. The second kappa shape index (κ2) is 7.09. The summed E-state index contributed by atoms with van der Waals surface area (Å²) in [5.74, 6) is 1.68. The van der Waals surface area contributed by atoms with Crippen LogP contribution >= 0.6 is 0 Å². The van der Waals surface area contributed by atoms with Crippen molar-refractivity contribution < 1.29 is 4.74 Å². The monoisotopic (exact) mass is 276 g/mol.